The Bertz CT molecular complexity index is 550. The van der Waals surface area contributed by atoms with Gasteiger partial charge in [-0.2, -0.15) is 0 Å². The first-order chi connectivity index (χ1) is 10.9. The fourth-order valence-corrected chi connectivity index (χ4v) is 2.79. The maximum absolute atomic E-state index is 12.2. The van der Waals surface area contributed by atoms with Gasteiger partial charge in [0.2, 0.25) is 0 Å². The Labute approximate surface area is 138 Å². The molecule has 0 heterocycles. The van der Waals surface area contributed by atoms with Crippen molar-refractivity contribution in [1.82, 2.24) is 5.32 Å². The molecule has 1 saturated carbocycles. The molecule has 2 amide bonds. The van der Waals surface area contributed by atoms with E-state index in [1.54, 1.807) is 0 Å². The van der Waals surface area contributed by atoms with Crippen LogP contribution in [0.25, 0.3) is 0 Å². The van der Waals surface area contributed by atoms with Crippen molar-refractivity contribution in [3.63, 3.8) is 0 Å². The molecule has 5 heteroatoms. The van der Waals surface area contributed by atoms with Gasteiger partial charge in [-0.05, 0) is 18.4 Å². The third kappa shape index (κ3) is 4.79. The fraction of sp³-hybridized carbons (Fsp3) is 0.556. The predicted molar refractivity (Wildman–Crippen MR) is 88.2 cm³/mol. The SMILES string of the molecule is COC(=O)NC(=O)[C@H](C)[NH+](Cc1ccc(C(C)C)cc1)C1CC1. The highest BCUT2D eigenvalue weighted by atomic mass is 16.5. The Morgan fingerprint density at radius 3 is 2.30 bits per heavy atom. The number of amides is 2. The van der Waals surface area contributed by atoms with Crippen LogP contribution in [0.15, 0.2) is 24.3 Å². The molecule has 1 unspecified atom stereocenters. The highest BCUT2D eigenvalue weighted by molar-refractivity contribution is 5.93. The Kier molecular flexibility index (Phi) is 5.77. The summed E-state index contributed by atoms with van der Waals surface area (Å²) in [5.41, 5.74) is 2.53. The Morgan fingerprint density at radius 2 is 1.83 bits per heavy atom. The molecule has 1 fully saturated rings. The molecule has 0 radical (unpaired) electrons. The molecular formula is C18H27N2O3+. The van der Waals surface area contributed by atoms with Crippen molar-refractivity contribution in [3.8, 4) is 0 Å². The normalized spacial score (nSPS) is 16.7. The van der Waals surface area contributed by atoms with Gasteiger partial charge < -0.3 is 9.64 Å². The van der Waals surface area contributed by atoms with E-state index in [2.05, 4.69) is 48.2 Å². The molecule has 2 N–H and O–H groups in total. The van der Waals surface area contributed by atoms with Crippen LogP contribution in [0.5, 0.6) is 0 Å². The van der Waals surface area contributed by atoms with Crippen LogP contribution in [-0.4, -0.2) is 31.2 Å². The van der Waals surface area contributed by atoms with Gasteiger partial charge in [0, 0.05) is 18.4 Å². The molecule has 23 heavy (non-hydrogen) atoms. The first-order valence-electron chi connectivity index (χ1n) is 8.25. The lowest BCUT2D eigenvalue weighted by atomic mass is 10.0. The van der Waals surface area contributed by atoms with E-state index < -0.39 is 6.09 Å². The average Bonchev–Trinajstić information content (AvgIpc) is 3.36. The maximum atomic E-state index is 12.2. The zero-order chi connectivity index (χ0) is 17.0. The van der Waals surface area contributed by atoms with Crippen molar-refractivity contribution in [2.75, 3.05) is 7.11 Å². The van der Waals surface area contributed by atoms with Crippen molar-refractivity contribution in [1.29, 1.82) is 0 Å². The second kappa shape index (κ2) is 7.59. The van der Waals surface area contributed by atoms with Crippen LogP contribution in [0.3, 0.4) is 0 Å². The van der Waals surface area contributed by atoms with Crippen LogP contribution in [0.1, 0.15) is 50.7 Å². The summed E-state index contributed by atoms with van der Waals surface area (Å²) >= 11 is 0. The molecule has 0 spiro atoms. The number of methoxy groups -OCH3 is 1. The third-order valence-corrected chi connectivity index (χ3v) is 4.52. The summed E-state index contributed by atoms with van der Waals surface area (Å²) in [5, 5.41) is 2.28. The van der Waals surface area contributed by atoms with Gasteiger partial charge in [0.25, 0.3) is 5.91 Å². The van der Waals surface area contributed by atoms with Crippen molar-refractivity contribution in [2.24, 2.45) is 0 Å². The van der Waals surface area contributed by atoms with Gasteiger partial charge in [0.05, 0.1) is 13.2 Å². The first-order valence-corrected chi connectivity index (χ1v) is 8.25. The summed E-state index contributed by atoms with van der Waals surface area (Å²) in [7, 11) is 1.26. The summed E-state index contributed by atoms with van der Waals surface area (Å²) < 4.78 is 4.50. The van der Waals surface area contributed by atoms with Crippen LogP contribution >= 0.6 is 0 Å². The quantitative estimate of drug-likeness (QED) is 0.838. The van der Waals surface area contributed by atoms with Crippen molar-refractivity contribution >= 4 is 12.0 Å². The molecule has 1 aromatic rings. The summed E-state index contributed by atoms with van der Waals surface area (Å²) in [4.78, 5) is 24.6. The van der Waals surface area contributed by atoms with Gasteiger partial charge in [0.15, 0.2) is 6.04 Å². The Hall–Kier alpha value is -1.88. The van der Waals surface area contributed by atoms with Crippen LogP contribution in [-0.2, 0) is 16.1 Å². The van der Waals surface area contributed by atoms with E-state index in [0.717, 1.165) is 19.4 Å². The van der Waals surface area contributed by atoms with Crippen molar-refractivity contribution in [3.05, 3.63) is 35.4 Å². The summed E-state index contributed by atoms with van der Waals surface area (Å²) in [6.45, 7) is 7.01. The smallest absolute Gasteiger partial charge is 0.413 e. The van der Waals surface area contributed by atoms with Crippen LogP contribution < -0.4 is 10.2 Å². The van der Waals surface area contributed by atoms with Gasteiger partial charge >= 0.3 is 6.09 Å². The van der Waals surface area contributed by atoms with E-state index in [1.807, 2.05) is 6.92 Å². The highest BCUT2D eigenvalue weighted by Gasteiger charge is 2.39. The number of benzene rings is 1. The topological polar surface area (TPSA) is 59.8 Å². The van der Waals surface area contributed by atoms with Crippen LogP contribution in [0.2, 0.25) is 0 Å². The number of ether oxygens (including phenoxy) is 1. The number of quaternary nitrogens is 1. The largest absolute Gasteiger partial charge is 0.453 e. The predicted octanol–water partition coefficient (Wildman–Crippen LogP) is 1.63. The third-order valence-electron chi connectivity index (χ3n) is 4.52. The minimum atomic E-state index is -0.696. The second-order valence-corrected chi connectivity index (χ2v) is 6.62. The number of hydrogen-bond donors (Lipinski definition) is 2. The highest BCUT2D eigenvalue weighted by Crippen LogP contribution is 2.18. The number of rotatable bonds is 6. The molecule has 1 aromatic carbocycles. The van der Waals surface area contributed by atoms with Crippen LogP contribution in [0, 0.1) is 0 Å². The summed E-state index contributed by atoms with van der Waals surface area (Å²) in [5.74, 6) is 0.234. The molecule has 1 aliphatic carbocycles. The molecule has 5 nitrogen and oxygen atoms in total. The Balaban J connectivity index is 2.03. The van der Waals surface area contributed by atoms with E-state index >= 15 is 0 Å². The lowest BCUT2D eigenvalue weighted by Gasteiger charge is -2.25. The lowest BCUT2D eigenvalue weighted by molar-refractivity contribution is -0.938. The fourth-order valence-electron chi connectivity index (χ4n) is 2.79. The van der Waals surface area contributed by atoms with E-state index in [4.69, 9.17) is 0 Å². The molecule has 0 saturated heterocycles. The summed E-state index contributed by atoms with van der Waals surface area (Å²) in [6.07, 6.45) is 1.57. The minimum absolute atomic E-state index is 0.280. The number of hydrogen-bond acceptors (Lipinski definition) is 3. The number of alkyl carbamates (subject to hydrolysis) is 1. The van der Waals surface area contributed by atoms with Gasteiger partial charge in [-0.3, -0.25) is 10.1 Å². The van der Waals surface area contributed by atoms with E-state index in [9.17, 15) is 9.59 Å². The molecule has 126 valence electrons. The van der Waals surface area contributed by atoms with E-state index in [-0.39, 0.29) is 11.9 Å². The molecule has 0 aromatic heterocycles. The van der Waals surface area contributed by atoms with E-state index in [1.165, 1.54) is 23.1 Å². The van der Waals surface area contributed by atoms with Crippen LogP contribution in [0.4, 0.5) is 4.79 Å². The molecule has 2 atom stereocenters. The van der Waals surface area contributed by atoms with E-state index in [0.29, 0.717) is 12.0 Å². The lowest BCUT2D eigenvalue weighted by Crippen LogP contribution is -3.16. The molecule has 0 bridgehead atoms. The zero-order valence-electron chi connectivity index (χ0n) is 14.4. The average molecular weight is 319 g/mol. The minimum Gasteiger partial charge on any atom is -0.453 e. The monoisotopic (exact) mass is 319 g/mol. The second-order valence-electron chi connectivity index (χ2n) is 6.62. The molecule has 0 aliphatic heterocycles. The maximum Gasteiger partial charge on any atom is 0.413 e. The van der Waals surface area contributed by atoms with Crippen molar-refractivity contribution < 1.29 is 19.2 Å². The van der Waals surface area contributed by atoms with Gasteiger partial charge in [0.1, 0.15) is 6.54 Å². The molecular weight excluding hydrogens is 292 g/mol. The summed E-state index contributed by atoms with van der Waals surface area (Å²) in [6, 6.07) is 8.81. The number of carbonyl (C=O) groups excluding carboxylic acids is 2. The number of nitrogens with one attached hydrogen (secondary N) is 2. The standard InChI is InChI=1S/C18H26N2O3/c1-12(2)15-7-5-14(6-8-15)11-20(16-9-10-16)13(3)17(21)19-18(22)23-4/h5-8,12-13,16H,9-11H2,1-4H3,(H,19,21,22)/p+1/t13-/m0/s1. The van der Waals surface area contributed by atoms with Gasteiger partial charge in [-0.15, -0.1) is 0 Å². The molecule has 2 rings (SSSR count). The number of carbonyl (C=O) groups is 2. The van der Waals surface area contributed by atoms with Gasteiger partial charge in [-0.1, -0.05) is 38.1 Å². The molecule has 1 aliphatic rings. The number of imide groups is 1. The first kappa shape index (κ1) is 17.5. The Morgan fingerprint density at radius 1 is 1.22 bits per heavy atom. The zero-order valence-corrected chi connectivity index (χ0v) is 14.4. The van der Waals surface area contributed by atoms with Gasteiger partial charge in [-0.25, -0.2) is 4.79 Å². The van der Waals surface area contributed by atoms with Crippen molar-refractivity contribution in [2.45, 2.75) is 58.2 Å².